The van der Waals surface area contributed by atoms with Crippen molar-refractivity contribution in [2.45, 2.75) is 44.2 Å². The first-order valence-electron chi connectivity index (χ1n) is 12.3. The number of amides is 1. The van der Waals surface area contributed by atoms with Gasteiger partial charge in [0.15, 0.2) is 5.65 Å². The quantitative estimate of drug-likeness (QED) is 0.470. The lowest BCUT2D eigenvalue weighted by molar-refractivity contribution is -0.116. The number of hydrogen-bond donors (Lipinski definition) is 3. The molecule has 0 aliphatic carbocycles. The van der Waals surface area contributed by atoms with E-state index in [1.807, 2.05) is 23.1 Å². The predicted octanol–water partition coefficient (Wildman–Crippen LogP) is 2.36. The van der Waals surface area contributed by atoms with Gasteiger partial charge in [-0.3, -0.25) is 4.79 Å². The number of aryl methyl sites for hydroxylation is 1. The van der Waals surface area contributed by atoms with Crippen molar-refractivity contribution in [3.63, 3.8) is 0 Å². The van der Waals surface area contributed by atoms with Crippen LogP contribution in [0.4, 0.5) is 23.0 Å². The van der Waals surface area contributed by atoms with Gasteiger partial charge in [-0.15, -0.1) is 0 Å². The SMILES string of the molecule is N#Cc1cnn2c3cc(nc12)N1C[C@H](C[C@H]1CO)OCCCCOc1cc(cc2c1NC(=O)CC2)N3. The number of anilines is 4. The fourth-order valence-corrected chi connectivity index (χ4v) is 5.15. The molecule has 0 unspecified atom stereocenters. The number of carbonyl (C=O) groups excluding carboxylic acids is 1. The van der Waals surface area contributed by atoms with Crippen LogP contribution in [0.3, 0.4) is 0 Å². The molecule has 3 aliphatic rings. The van der Waals surface area contributed by atoms with Crippen LogP contribution in [0.25, 0.3) is 5.65 Å². The Bertz CT molecular complexity index is 1360. The third-order valence-corrected chi connectivity index (χ3v) is 6.95. The minimum atomic E-state index is -0.135. The zero-order valence-electron chi connectivity index (χ0n) is 19.7. The smallest absolute Gasteiger partial charge is 0.224 e. The lowest BCUT2D eigenvalue weighted by Gasteiger charge is -2.25. The number of nitriles is 1. The number of fused-ring (bicyclic) bond motifs is 11. The minimum Gasteiger partial charge on any atom is -0.491 e. The van der Waals surface area contributed by atoms with Crippen molar-refractivity contribution in [3.05, 3.63) is 35.5 Å². The minimum absolute atomic E-state index is 0.0202. The van der Waals surface area contributed by atoms with Crippen LogP contribution in [0.2, 0.25) is 0 Å². The molecule has 11 nitrogen and oxygen atoms in total. The number of rotatable bonds is 1. The Kier molecular flexibility index (Phi) is 5.83. The molecule has 5 heterocycles. The van der Waals surface area contributed by atoms with Crippen molar-refractivity contribution in [1.29, 1.82) is 5.26 Å². The summed E-state index contributed by atoms with van der Waals surface area (Å²) < 4.78 is 13.9. The Morgan fingerprint density at radius 2 is 2.08 bits per heavy atom. The van der Waals surface area contributed by atoms with Crippen molar-refractivity contribution in [1.82, 2.24) is 14.6 Å². The van der Waals surface area contributed by atoms with Gasteiger partial charge in [0.1, 0.15) is 29.0 Å². The second kappa shape index (κ2) is 9.29. The molecule has 3 aromatic rings. The summed E-state index contributed by atoms with van der Waals surface area (Å²) in [5, 5.41) is 30.5. The number of carbonyl (C=O) groups is 1. The van der Waals surface area contributed by atoms with Gasteiger partial charge in [-0.25, -0.2) is 4.98 Å². The van der Waals surface area contributed by atoms with E-state index < -0.39 is 0 Å². The molecule has 1 aromatic carbocycles. The van der Waals surface area contributed by atoms with Gasteiger partial charge in [0.2, 0.25) is 5.91 Å². The standard InChI is InChI=1S/C25H27N7O4/c26-11-16-12-27-32-22-10-21(29-25(16)32)31-13-19(9-18(31)14-33)35-5-1-2-6-36-20-8-17(28-22)7-15-3-4-23(34)30-24(15)20/h7-8,10,12,18-19,28,33H,1-6,9,13-14H2,(H,30,34)/t18-,19-/m0/s1. The van der Waals surface area contributed by atoms with E-state index in [4.69, 9.17) is 14.5 Å². The summed E-state index contributed by atoms with van der Waals surface area (Å²) in [5.74, 6) is 1.85. The normalized spacial score (nSPS) is 21.8. The highest BCUT2D eigenvalue weighted by atomic mass is 16.5. The Morgan fingerprint density at radius 3 is 2.94 bits per heavy atom. The summed E-state index contributed by atoms with van der Waals surface area (Å²) in [6.45, 7) is 1.67. The molecule has 36 heavy (non-hydrogen) atoms. The van der Waals surface area contributed by atoms with Gasteiger partial charge < -0.3 is 30.1 Å². The maximum atomic E-state index is 12.1. The third kappa shape index (κ3) is 4.08. The molecule has 3 N–H and O–H groups in total. The molecule has 0 saturated carbocycles. The number of ether oxygens (including phenoxy) is 2. The van der Waals surface area contributed by atoms with Gasteiger partial charge >= 0.3 is 0 Å². The van der Waals surface area contributed by atoms with Crippen molar-refractivity contribution in [3.8, 4) is 11.8 Å². The first-order chi connectivity index (χ1) is 17.6. The Balaban J connectivity index is 1.48. The second-order valence-corrected chi connectivity index (χ2v) is 9.36. The summed E-state index contributed by atoms with van der Waals surface area (Å²) in [6, 6.07) is 7.78. The van der Waals surface area contributed by atoms with Crippen LogP contribution < -0.4 is 20.3 Å². The fraction of sp³-hybridized carbons (Fsp3) is 0.440. The largest absolute Gasteiger partial charge is 0.491 e. The second-order valence-electron chi connectivity index (χ2n) is 9.36. The number of benzene rings is 1. The Hall–Kier alpha value is -3.88. The van der Waals surface area contributed by atoms with E-state index >= 15 is 0 Å². The average Bonchev–Trinajstić information content (AvgIpc) is 3.49. The average molecular weight is 490 g/mol. The lowest BCUT2D eigenvalue weighted by Crippen LogP contribution is -2.33. The zero-order valence-corrected chi connectivity index (χ0v) is 19.7. The van der Waals surface area contributed by atoms with Gasteiger partial charge in [0.25, 0.3) is 0 Å². The molecular formula is C25H27N7O4. The van der Waals surface area contributed by atoms with Gasteiger partial charge in [0.05, 0.1) is 37.2 Å². The molecular weight excluding hydrogens is 462 g/mol. The molecule has 1 saturated heterocycles. The van der Waals surface area contributed by atoms with E-state index in [-0.39, 0.29) is 24.7 Å². The van der Waals surface area contributed by atoms with Gasteiger partial charge in [-0.1, -0.05) is 0 Å². The van der Waals surface area contributed by atoms with Crippen molar-refractivity contribution in [2.75, 3.05) is 41.9 Å². The summed E-state index contributed by atoms with van der Waals surface area (Å²) >= 11 is 0. The molecule has 6 rings (SSSR count). The van der Waals surface area contributed by atoms with E-state index in [0.29, 0.717) is 67.6 Å². The molecule has 0 spiro atoms. The number of aliphatic hydroxyl groups is 1. The molecule has 3 aliphatic heterocycles. The summed E-state index contributed by atoms with van der Waals surface area (Å²) in [5.41, 5.74) is 3.28. The van der Waals surface area contributed by atoms with Crippen molar-refractivity contribution < 1.29 is 19.4 Å². The first kappa shape index (κ1) is 22.6. The molecule has 0 radical (unpaired) electrons. The Labute approximate surface area is 207 Å². The fourth-order valence-electron chi connectivity index (χ4n) is 5.15. The lowest BCUT2D eigenvalue weighted by atomic mass is 10.0. The summed E-state index contributed by atoms with van der Waals surface area (Å²) in [4.78, 5) is 18.9. The van der Waals surface area contributed by atoms with Crippen molar-refractivity contribution in [2.24, 2.45) is 0 Å². The van der Waals surface area contributed by atoms with Crippen LogP contribution in [0.1, 0.15) is 36.8 Å². The zero-order chi connectivity index (χ0) is 24.6. The third-order valence-electron chi connectivity index (χ3n) is 6.95. The molecule has 2 atom stereocenters. The van der Waals surface area contributed by atoms with E-state index in [1.165, 1.54) is 6.20 Å². The molecule has 2 aromatic heterocycles. The van der Waals surface area contributed by atoms with E-state index in [9.17, 15) is 15.2 Å². The van der Waals surface area contributed by atoms with E-state index in [2.05, 4.69) is 21.8 Å². The molecule has 1 fully saturated rings. The maximum absolute atomic E-state index is 12.1. The van der Waals surface area contributed by atoms with Crippen LogP contribution in [0.5, 0.6) is 5.75 Å². The number of nitrogens with one attached hydrogen (secondary N) is 2. The van der Waals surface area contributed by atoms with Crippen LogP contribution >= 0.6 is 0 Å². The number of aliphatic hydroxyl groups excluding tert-OH is 1. The summed E-state index contributed by atoms with van der Waals surface area (Å²) in [7, 11) is 0. The first-order valence-corrected chi connectivity index (χ1v) is 12.3. The number of nitrogens with zero attached hydrogens (tertiary/aromatic N) is 5. The van der Waals surface area contributed by atoms with Gasteiger partial charge in [0, 0.05) is 37.4 Å². The monoisotopic (exact) mass is 489 g/mol. The van der Waals surface area contributed by atoms with E-state index in [0.717, 1.165) is 29.8 Å². The Morgan fingerprint density at radius 1 is 1.19 bits per heavy atom. The number of aromatic nitrogens is 3. The van der Waals surface area contributed by atoms with Crippen molar-refractivity contribution >= 4 is 34.6 Å². The molecule has 1 amide bonds. The highest BCUT2D eigenvalue weighted by Gasteiger charge is 2.34. The predicted molar refractivity (Wildman–Crippen MR) is 132 cm³/mol. The summed E-state index contributed by atoms with van der Waals surface area (Å²) in [6.07, 6.45) is 4.84. The van der Waals surface area contributed by atoms with Crippen LogP contribution in [-0.2, 0) is 16.0 Å². The topological polar surface area (TPSA) is 137 Å². The highest BCUT2D eigenvalue weighted by Crippen LogP contribution is 2.38. The molecule has 11 heteroatoms. The molecule has 186 valence electrons. The van der Waals surface area contributed by atoms with Crippen LogP contribution in [0.15, 0.2) is 24.4 Å². The van der Waals surface area contributed by atoms with E-state index in [1.54, 1.807) is 4.52 Å². The maximum Gasteiger partial charge on any atom is 0.224 e. The number of hydrogen-bond acceptors (Lipinski definition) is 9. The molecule has 6 bridgehead atoms. The van der Waals surface area contributed by atoms with Crippen LogP contribution in [0, 0.1) is 11.3 Å². The van der Waals surface area contributed by atoms with Crippen LogP contribution in [-0.4, -0.2) is 64.1 Å². The van der Waals surface area contributed by atoms with Gasteiger partial charge in [-0.2, -0.15) is 14.9 Å². The highest BCUT2D eigenvalue weighted by molar-refractivity contribution is 5.96. The van der Waals surface area contributed by atoms with Gasteiger partial charge in [-0.05, 0) is 37.3 Å².